The van der Waals surface area contributed by atoms with Gasteiger partial charge in [-0.3, -0.25) is 4.57 Å². The molecule has 0 aliphatic carbocycles. The van der Waals surface area contributed by atoms with Crippen LogP contribution >= 0.6 is 35.4 Å². The van der Waals surface area contributed by atoms with Crippen LogP contribution in [0, 0.1) is 11.7 Å². The van der Waals surface area contributed by atoms with E-state index in [-0.39, 0.29) is 0 Å². The van der Waals surface area contributed by atoms with E-state index in [2.05, 4.69) is 4.98 Å². The molecule has 0 atom stereocenters. The van der Waals surface area contributed by atoms with Gasteiger partial charge < -0.3 is 4.98 Å². The molecular weight excluding hydrogens is 299 g/mol. The molecule has 96 valence electrons. The highest BCUT2D eigenvalue weighted by Crippen LogP contribution is 2.29. The molecule has 0 fully saturated rings. The number of para-hydroxylation sites is 1. The lowest BCUT2D eigenvalue weighted by Crippen LogP contribution is -1.97. The number of nitrogens with zero attached hydrogens (tertiary/aromatic N) is 1. The summed E-state index contributed by atoms with van der Waals surface area (Å²) in [5.41, 5.74) is 3.70. The smallest absolute Gasteiger partial charge is 0.182 e. The van der Waals surface area contributed by atoms with Crippen LogP contribution in [0.5, 0.6) is 0 Å². The molecule has 0 radical (unpaired) electrons. The predicted octanol–water partition coefficient (Wildman–Crippen LogP) is 5.30. The van der Waals surface area contributed by atoms with Gasteiger partial charge in [0.1, 0.15) is 0 Å². The van der Waals surface area contributed by atoms with Crippen molar-refractivity contribution in [3.8, 4) is 5.69 Å². The number of hydrogen-bond donors (Lipinski definition) is 1. The lowest BCUT2D eigenvalue weighted by Gasteiger charge is -2.10. The minimum Gasteiger partial charge on any atom is -0.330 e. The van der Waals surface area contributed by atoms with Crippen molar-refractivity contribution >= 4 is 46.5 Å². The van der Waals surface area contributed by atoms with E-state index in [1.165, 1.54) is 0 Å². The van der Waals surface area contributed by atoms with Gasteiger partial charge in [-0.1, -0.05) is 35.3 Å². The SMILES string of the molecule is Cc1c(Cl)cccc1-n1c(=S)[nH]c2cccc(Cl)c21. The van der Waals surface area contributed by atoms with Crippen LogP contribution in [0.1, 0.15) is 5.56 Å². The van der Waals surface area contributed by atoms with Gasteiger partial charge in [-0.15, -0.1) is 0 Å². The Balaban J connectivity index is 2.46. The summed E-state index contributed by atoms with van der Waals surface area (Å²) >= 11 is 17.9. The van der Waals surface area contributed by atoms with Crippen molar-refractivity contribution in [3.63, 3.8) is 0 Å². The van der Waals surface area contributed by atoms with Crippen LogP contribution in [-0.2, 0) is 0 Å². The number of halogens is 2. The molecule has 0 aliphatic rings. The van der Waals surface area contributed by atoms with Crippen LogP contribution in [0.25, 0.3) is 16.7 Å². The highest BCUT2D eigenvalue weighted by molar-refractivity contribution is 7.71. The first kappa shape index (κ1) is 12.7. The average Bonchev–Trinajstić information content (AvgIpc) is 2.71. The highest BCUT2D eigenvalue weighted by atomic mass is 35.5. The van der Waals surface area contributed by atoms with Gasteiger partial charge in [0.25, 0.3) is 0 Å². The third kappa shape index (κ3) is 1.98. The van der Waals surface area contributed by atoms with Crippen molar-refractivity contribution in [2.45, 2.75) is 6.92 Å². The van der Waals surface area contributed by atoms with E-state index in [9.17, 15) is 0 Å². The summed E-state index contributed by atoms with van der Waals surface area (Å²) in [5.74, 6) is 0. The molecule has 0 saturated heterocycles. The van der Waals surface area contributed by atoms with Crippen LogP contribution in [0.2, 0.25) is 10.0 Å². The number of fused-ring (bicyclic) bond motifs is 1. The zero-order chi connectivity index (χ0) is 13.6. The van der Waals surface area contributed by atoms with E-state index in [1.54, 1.807) is 0 Å². The number of H-pyrrole nitrogens is 1. The van der Waals surface area contributed by atoms with Crippen molar-refractivity contribution in [3.05, 3.63) is 56.8 Å². The van der Waals surface area contributed by atoms with Crippen molar-refractivity contribution in [1.82, 2.24) is 9.55 Å². The number of imidazole rings is 1. The Morgan fingerprint density at radius 1 is 1.05 bits per heavy atom. The first-order chi connectivity index (χ1) is 9.09. The number of aromatic amines is 1. The Bertz CT molecular complexity index is 833. The maximum atomic E-state index is 6.30. The maximum absolute atomic E-state index is 6.30. The lowest BCUT2D eigenvalue weighted by molar-refractivity contribution is 1.05. The third-order valence-corrected chi connectivity index (χ3v) is 4.13. The lowest BCUT2D eigenvalue weighted by atomic mass is 10.2. The van der Waals surface area contributed by atoms with Gasteiger partial charge in [-0.25, -0.2) is 0 Å². The van der Waals surface area contributed by atoms with Gasteiger partial charge in [0.15, 0.2) is 4.77 Å². The maximum Gasteiger partial charge on any atom is 0.182 e. The topological polar surface area (TPSA) is 20.7 Å². The molecule has 0 spiro atoms. The second-order valence-corrected chi connectivity index (χ2v) is 5.49. The first-order valence-corrected chi connectivity index (χ1v) is 6.91. The minimum absolute atomic E-state index is 0.605. The van der Waals surface area contributed by atoms with Crippen LogP contribution in [-0.4, -0.2) is 9.55 Å². The van der Waals surface area contributed by atoms with Crippen LogP contribution in [0.3, 0.4) is 0 Å². The summed E-state index contributed by atoms with van der Waals surface area (Å²) in [7, 11) is 0. The Morgan fingerprint density at radius 2 is 1.74 bits per heavy atom. The van der Waals surface area contributed by atoms with Crippen LogP contribution < -0.4 is 0 Å². The van der Waals surface area contributed by atoms with Gasteiger partial charge in [-0.2, -0.15) is 0 Å². The summed E-state index contributed by atoms with van der Waals surface area (Å²) in [4.78, 5) is 3.16. The molecular formula is C14H10Cl2N2S. The summed E-state index contributed by atoms with van der Waals surface area (Å²) < 4.78 is 2.53. The molecule has 0 amide bonds. The quantitative estimate of drug-likeness (QED) is 0.605. The van der Waals surface area contributed by atoms with Gasteiger partial charge in [0, 0.05) is 5.02 Å². The molecule has 19 heavy (non-hydrogen) atoms. The number of hydrogen-bond acceptors (Lipinski definition) is 1. The number of benzene rings is 2. The molecule has 2 aromatic carbocycles. The van der Waals surface area contributed by atoms with Crippen molar-refractivity contribution in [1.29, 1.82) is 0 Å². The second-order valence-electron chi connectivity index (χ2n) is 4.29. The fourth-order valence-corrected chi connectivity index (χ4v) is 2.91. The predicted molar refractivity (Wildman–Crippen MR) is 83.2 cm³/mol. The fraction of sp³-hybridized carbons (Fsp3) is 0.0714. The van der Waals surface area contributed by atoms with E-state index in [0.717, 1.165) is 22.3 Å². The summed E-state index contributed by atoms with van der Waals surface area (Å²) in [5, 5.41) is 1.37. The van der Waals surface area contributed by atoms with Gasteiger partial charge in [0.05, 0.1) is 21.7 Å². The Hall–Kier alpha value is -1.29. The zero-order valence-electron chi connectivity index (χ0n) is 10.1. The molecule has 0 unspecified atom stereocenters. The van der Waals surface area contributed by atoms with E-state index in [1.807, 2.05) is 47.9 Å². The molecule has 0 bridgehead atoms. The van der Waals surface area contributed by atoms with E-state index >= 15 is 0 Å². The normalized spacial score (nSPS) is 11.1. The average molecular weight is 309 g/mol. The number of aromatic nitrogens is 2. The van der Waals surface area contributed by atoms with Crippen LogP contribution in [0.15, 0.2) is 36.4 Å². The molecule has 1 aromatic heterocycles. The molecule has 1 heterocycles. The summed E-state index contributed by atoms with van der Waals surface area (Å²) in [6.45, 7) is 1.97. The molecule has 1 N–H and O–H groups in total. The largest absolute Gasteiger partial charge is 0.330 e. The highest BCUT2D eigenvalue weighted by Gasteiger charge is 2.12. The third-order valence-electron chi connectivity index (χ3n) is 3.14. The molecule has 5 heteroatoms. The number of rotatable bonds is 1. The van der Waals surface area contributed by atoms with E-state index in [0.29, 0.717) is 14.8 Å². The molecule has 0 saturated carbocycles. The van der Waals surface area contributed by atoms with Crippen LogP contribution in [0.4, 0.5) is 0 Å². The summed E-state index contributed by atoms with van der Waals surface area (Å²) in [6, 6.07) is 11.4. The molecule has 3 aromatic rings. The van der Waals surface area contributed by atoms with Crippen molar-refractivity contribution in [2.75, 3.05) is 0 Å². The minimum atomic E-state index is 0.605. The van der Waals surface area contributed by atoms with E-state index in [4.69, 9.17) is 35.4 Å². The summed E-state index contributed by atoms with van der Waals surface area (Å²) in [6.07, 6.45) is 0. The zero-order valence-corrected chi connectivity index (χ0v) is 12.4. The van der Waals surface area contributed by atoms with Gasteiger partial charge in [-0.05, 0) is 49.0 Å². The Labute approximate surface area is 125 Å². The first-order valence-electron chi connectivity index (χ1n) is 5.74. The second kappa shape index (κ2) is 4.67. The Morgan fingerprint density at radius 3 is 2.53 bits per heavy atom. The monoisotopic (exact) mass is 308 g/mol. The van der Waals surface area contributed by atoms with Gasteiger partial charge >= 0.3 is 0 Å². The standard InChI is InChI=1S/C14H10Cl2N2S/c1-8-9(15)4-3-7-12(8)18-13-10(16)5-2-6-11(13)17-14(18)19/h2-7H,1H3,(H,17,19). The number of nitrogens with one attached hydrogen (secondary N) is 1. The Kier molecular flexibility index (Phi) is 3.13. The fourth-order valence-electron chi connectivity index (χ4n) is 2.18. The molecule has 3 rings (SSSR count). The van der Waals surface area contributed by atoms with Gasteiger partial charge in [0.2, 0.25) is 0 Å². The van der Waals surface area contributed by atoms with Crippen molar-refractivity contribution in [2.24, 2.45) is 0 Å². The van der Waals surface area contributed by atoms with E-state index < -0.39 is 0 Å². The molecule has 0 aliphatic heterocycles. The van der Waals surface area contributed by atoms with Crippen molar-refractivity contribution < 1.29 is 0 Å². The molecule has 2 nitrogen and oxygen atoms in total.